The summed E-state index contributed by atoms with van der Waals surface area (Å²) < 4.78 is 230. The molecule has 1 aromatic rings. The van der Waals surface area contributed by atoms with E-state index in [9.17, 15) is 79.7 Å². The van der Waals surface area contributed by atoms with E-state index >= 15 is 0 Å². The van der Waals surface area contributed by atoms with E-state index in [0.29, 0.717) is 12.1 Å². The molecule has 0 spiro atoms. The molecule has 0 saturated carbocycles. The van der Waals surface area contributed by atoms with Crippen molar-refractivity contribution in [2.75, 3.05) is 6.61 Å². The van der Waals surface area contributed by atoms with Crippen LogP contribution in [0.3, 0.4) is 0 Å². The lowest BCUT2D eigenvalue weighted by molar-refractivity contribution is -0.462. The number of hydrogen-bond donors (Lipinski definition) is 1. The number of benzene rings is 1. The Bertz CT molecular complexity index is 921. The second-order valence-corrected chi connectivity index (χ2v) is 7.37. The molecule has 1 N–H and O–H groups in total. The zero-order valence-electron chi connectivity index (χ0n) is 17.6. The Balaban J connectivity index is 3.46. The molecule has 0 bridgehead atoms. The van der Waals surface area contributed by atoms with E-state index in [-0.39, 0.29) is 12.4 Å². The number of ether oxygens (including phenoxy) is 1. The van der Waals surface area contributed by atoms with Gasteiger partial charge in [-0.25, -0.2) is 0 Å². The fourth-order valence-corrected chi connectivity index (χ4v) is 2.64. The molecule has 216 valence electrons. The lowest BCUT2D eigenvalue weighted by atomic mass is 9.87. The Morgan fingerprint density at radius 3 is 1.30 bits per heavy atom. The predicted octanol–water partition coefficient (Wildman–Crippen LogP) is 7.52. The minimum atomic E-state index is -8.68. The Kier molecular flexibility index (Phi) is 8.44. The highest BCUT2D eigenvalue weighted by atomic mass is 19.4. The van der Waals surface area contributed by atoms with Crippen LogP contribution < -0.4 is 4.74 Å². The van der Waals surface area contributed by atoms with Crippen molar-refractivity contribution in [3.63, 3.8) is 0 Å². The van der Waals surface area contributed by atoms with Crippen LogP contribution in [0.2, 0.25) is 0 Å². The fraction of sp³-hybridized carbons (Fsp3) is 0.667. The van der Waals surface area contributed by atoms with Crippen LogP contribution in [0.5, 0.6) is 5.75 Å². The van der Waals surface area contributed by atoms with Crippen LogP contribution in [0.25, 0.3) is 0 Å². The van der Waals surface area contributed by atoms with Gasteiger partial charge in [0.2, 0.25) is 0 Å². The molecule has 1 rings (SSSR count). The van der Waals surface area contributed by atoms with Gasteiger partial charge in [-0.05, 0) is 24.6 Å². The van der Waals surface area contributed by atoms with Gasteiger partial charge in [-0.15, -0.1) is 0 Å². The van der Waals surface area contributed by atoms with Crippen LogP contribution >= 0.6 is 0 Å². The van der Waals surface area contributed by atoms with Crippen molar-refractivity contribution in [2.45, 2.75) is 67.1 Å². The molecule has 1 unspecified atom stereocenters. The van der Waals surface area contributed by atoms with Crippen LogP contribution in [0.15, 0.2) is 24.3 Å². The SMILES string of the molecule is CCOc1ccc(C(O)CC(F)(F)C(F)(F)C(F)(F)C(F)(F)C(F)(F)C(F)(F)C(F)(F)C(F)(F)F)cc1. The van der Waals surface area contributed by atoms with Crippen LogP contribution in [0.1, 0.15) is 25.0 Å². The summed E-state index contributed by atoms with van der Waals surface area (Å²) in [4.78, 5) is 0. The third-order valence-electron chi connectivity index (χ3n) is 4.81. The van der Waals surface area contributed by atoms with Gasteiger partial charge in [0.05, 0.1) is 12.7 Å². The van der Waals surface area contributed by atoms with Crippen molar-refractivity contribution < 1.29 is 84.5 Å². The molecule has 0 aliphatic heterocycles. The Labute approximate surface area is 195 Å². The highest BCUT2D eigenvalue weighted by Gasteiger charge is 2.95. The van der Waals surface area contributed by atoms with E-state index < -0.39 is 65.7 Å². The molecule has 1 atom stereocenters. The molecule has 0 amide bonds. The quantitative estimate of drug-likeness (QED) is 0.273. The predicted molar refractivity (Wildman–Crippen MR) is 87.9 cm³/mol. The third-order valence-corrected chi connectivity index (χ3v) is 4.81. The summed E-state index contributed by atoms with van der Waals surface area (Å²) in [6.45, 7) is 1.53. The summed E-state index contributed by atoms with van der Waals surface area (Å²) in [6, 6.07) is 3.21. The molecule has 0 fully saturated rings. The zero-order valence-corrected chi connectivity index (χ0v) is 17.6. The van der Waals surface area contributed by atoms with Gasteiger partial charge >= 0.3 is 47.6 Å². The van der Waals surface area contributed by atoms with Gasteiger partial charge in [0, 0.05) is 6.42 Å². The maximum absolute atomic E-state index is 14.0. The Morgan fingerprint density at radius 1 is 0.595 bits per heavy atom. The molecule has 0 aromatic heterocycles. The molecule has 0 radical (unpaired) electrons. The largest absolute Gasteiger partial charge is 0.494 e. The number of alkyl halides is 17. The number of aliphatic hydroxyl groups excluding tert-OH is 1. The summed E-state index contributed by atoms with van der Waals surface area (Å²) in [6.07, 6.45) is -13.7. The lowest BCUT2D eigenvalue weighted by Gasteiger charge is -2.43. The Morgan fingerprint density at radius 2 is 0.946 bits per heavy atom. The van der Waals surface area contributed by atoms with E-state index in [1.54, 1.807) is 0 Å². The number of halogens is 17. The lowest BCUT2D eigenvalue weighted by Crippen LogP contribution is -2.74. The molecule has 0 aliphatic rings. The first kappa shape index (κ1) is 32.8. The van der Waals surface area contributed by atoms with E-state index in [4.69, 9.17) is 4.74 Å². The first-order chi connectivity index (χ1) is 16.2. The second kappa shape index (κ2) is 9.52. The third kappa shape index (κ3) is 4.98. The normalized spacial score (nSPS) is 16.1. The van der Waals surface area contributed by atoms with Crippen molar-refractivity contribution in [1.29, 1.82) is 0 Å². The van der Waals surface area contributed by atoms with E-state index in [1.807, 2.05) is 0 Å². The summed E-state index contributed by atoms with van der Waals surface area (Å²) in [7, 11) is 0. The first-order valence-corrected chi connectivity index (χ1v) is 9.29. The molecule has 0 saturated heterocycles. The fourth-order valence-electron chi connectivity index (χ4n) is 2.64. The van der Waals surface area contributed by atoms with Gasteiger partial charge in [-0.3, -0.25) is 0 Å². The van der Waals surface area contributed by atoms with Crippen LogP contribution in [0, 0.1) is 0 Å². The maximum Gasteiger partial charge on any atom is 0.460 e. The minimum Gasteiger partial charge on any atom is -0.494 e. The van der Waals surface area contributed by atoms with Crippen molar-refractivity contribution in [2.24, 2.45) is 0 Å². The van der Waals surface area contributed by atoms with Gasteiger partial charge in [-0.1, -0.05) is 12.1 Å². The van der Waals surface area contributed by atoms with E-state index in [1.165, 1.54) is 6.92 Å². The second-order valence-electron chi connectivity index (χ2n) is 7.37. The summed E-state index contributed by atoms with van der Waals surface area (Å²) in [5.74, 6) is -57.0. The number of hydrogen-bond acceptors (Lipinski definition) is 2. The highest BCUT2D eigenvalue weighted by molar-refractivity contribution is 5.29. The summed E-state index contributed by atoms with van der Waals surface area (Å²) >= 11 is 0. The molecule has 37 heavy (non-hydrogen) atoms. The maximum atomic E-state index is 14.0. The minimum absolute atomic E-state index is 0.000494. The van der Waals surface area contributed by atoms with Crippen molar-refractivity contribution in [3.05, 3.63) is 29.8 Å². The monoisotopic (exact) mass is 584 g/mol. The molecule has 0 heterocycles. The van der Waals surface area contributed by atoms with Crippen LogP contribution in [-0.4, -0.2) is 59.3 Å². The van der Waals surface area contributed by atoms with E-state index in [0.717, 1.165) is 12.1 Å². The average Bonchev–Trinajstić information content (AvgIpc) is 2.72. The van der Waals surface area contributed by atoms with Crippen molar-refractivity contribution in [1.82, 2.24) is 0 Å². The van der Waals surface area contributed by atoms with Gasteiger partial charge in [0.1, 0.15) is 5.75 Å². The zero-order chi connectivity index (χ0) is 29.7. The average molecular weight is 584 g/mol. The molecule has 2 nitrogen and oxygen atoms in total. The summed E-state index contributed by atoms with van der Waals surface area (Å²) in [5, 5.41) is 9.62. The number of rotatable bonds is 11. The first-order valence-electron chi connectivity index (χ1n) is 9.29. The standard InChI is InChI=1S/C18H13F17O2/c1-2-37-9-5-3-8(4-6-9)10(36)7-11(19,20)12(21,22)13(23,24)14(25,26)15(27,28)16(29,30)17(31,32)18(33,34)35/h3-6,10,36H,2,7H2,1H3. The summed E-state index contributed by atoms with van der Waals surface area (Å²) in [5.41, 5.74) is -0.782. The van der Waals surface area contributed by atoms with Crippen molar-refractivity contribution in [3.8, 4) is 5.75 Å². The Hall–Kier alpha value is -2.21. The molecular weight excluding hydrogens is 571 g/mol. The number of aliphatic hydroxyl groups is 1. The molecule has 19 heteroatoms. The van der Waals surface area contributed by atoms with Crippen LogP contribution in [0.4, 0.5) is 74.6 Å². The van der Waals surface area contributed by atoms with Gasteiger partial charge in [0.15, 0.2) is 0 Å². The molecular formula is C18H13F17O2. The van der Waals surface area contributed by atoms with Gasteiger partial charge in [0.25, 0.3) is 0 Å². The van der Waals surface area contributed by atoms with E-state index in [2.05, 4.69) is 0 Å². The van der Waals surface area contributed by atoms with Gasteiger partial charge < -0.3 is 9.84 Å². The van der Waals surface area contributed by atoms with Gasteiger partial charge in [-0.2, -0.15) is 74.6 Å². The molecule has 0 aliphatic carbocycles. The highest BCUT2D eigenvalue weighted by Crippen LogP contribution is 2.64. The van der Waals surface area contributed by atoms with Crippen LogP contribution in [-0.2, 0) is 0 Å². The smallest absolute Gasteiger partial charge is 0.460 e. The molecule has 1 aromatic carbocycles. The topological polar surface area (TPSA) is 29.5 Å². The van der Waals surface area contributed by atoms with Crippen molar-refractivity contribution >= 4 is 0 Å².